The first-order valence-corrected chi connectivity index (χ1v) is 6.06. The fourth-order valence-electron chi connectivity index (χ4n) is 0.634. The second kappa shape index (κ2) is 2.28. The zero-order valence-electron chi connectivity index (χ0n) is 3.97. The normalized spacial score (nSPS) is 36.9. The Labute approximate surface area is 50.5 Å². The Kier molecular flexibility index (Phi) is 1.88. The minimum atomic E-state index is -1.74. The number of alkyl halides is 2. The first kappa shape index (κ1) is 5.78. The maximum absolute atomic E-state index is 8.90. The number of halogens is 1. The molecule has 3 heteroatoms. The molecule has 1 rings (SSSR count). The van der Waals surface area contributed by atoms with E-state index in [2.05, 4.69) is 0 Å². The molecule has 0 saturated carbocycles. The molecule has 1 aliphatic heterocycles. The Morgan fingerprint density at radius 2 is 2.29 bits per heavy atom. The second-order valence-corrected chi connectivity index (χ2v) is 6.27. The predicted octanol–water partition coefficient (Wildman–Crippen LogP) is 0.512. The molecule has 0 aromatic carbocycles. The average Bonchev–Trinajstić information content (AvgIpc) is 1.91. The number of aliphatic hydroxyl groups excluding tert-OH is 1. The zero-order valence-corrected chi connectivity index (χ0v) is 6.13. The first-order chi connectivity index (χ1) is 3.30. The van der Waals surface area contributed by atoms with E-state index < -0.39 is 20.2 Å². The SMILES string of the molecule is OC1CCCI1O. The number of rotatable bonds is 0. The van der Waals surface area contributed by atoms with E-state index in [1.54, 1.807) is 0 Å². The third-order valence-corrected chi connectivity index (χ3v) is 5.21. The van der Waals surface area contributed by atoms with Crippen LogP contribution in [0.25, 0.3) is 0 Å². The summed E-state index contributed by atoms with van der Waals surface area (Å²) < 4.78 is 9.57. The topological polar surface area (TPSA) is 40.5 Å². The van der Waals surface area contributed by atoms with Crippen molar-refractivity contribution in [3.63, 3.8) is 0 Å². The van der Waals surface area contributed by atoms with Gasteiger partial charge in [-0.3, -0.25) is 0 Å². The molecule has 2 nitrogen and oxygen atoms in total. The van der Waals surface area contributed by atoms with E-state index in [0.29, 0.717) is 0 Å². The van der Waals surface area contributed by atoms with Crippen molar-refractivity contribution in [2.75, 3.05) is 4.43 Å². The molecule has 0 aliphatic carbocycles. The van der Waals surface area contributed by atoms with Crippen molar-refractivity contribution in [1.29, 1.82) is 0 Å². The first-order valence-electron chi connectivity index (χ1n) is 2.32. The third-order valence-electron chi connectivity index (χ3n) is 1.06. The van der Waals surface area contributed by atoms with Crippen molar-refractivity contribution in [2.24, 2.45) is 0 Å². The molecule has 0 radical (unpaired) electrons. The van der Waals surface area contributed by atoms with Crippen LogP contribution in [0, 0.1) is 0 Å². The molecule has 1 atom stereocenters. The van der Waals surface area contributed by atoms with Gasteiger partial charge in [-0.15, -0.1) is 0 Å². The fourth-order valence-corrected chi connectivity index (χ4v) is 3.73. The van der Waals surface area contributed by atoms with Gasteiger partial charge >= 0.3 is 50.2 Å². The van der Waals surface area contributed by atoms with Crippen molar-refractivity contribution in [2.45, 2.75) is 17.0 Å². The molecule has 0 spiro atoms. The van der Waals surface area contributed by atoms with Crippen molar-refractivity contribution in [3.05, 3.63) is 0 Å². The Bertz CT molecular complexity index is 58.7. The van der Waals surface area contributed by atoms with E-state index in [0.717, 1.165) is 17.3 Å². The van der Waals surface area contributed by atoms with E-state index in [-0.39, 0.29) is 4.11 Å². The van der Waals surface area contributed by atoms with Gasteiger partial charge in [0.15, 0.2) is 0 Å². The van der Waals surface area contributed by atoms with E-state index in [1.807, 2.05) is 0 Å². The third kappa shape index (κ3) is 1.27. The molecule has 1 aliphatic rings. The van der Waals surface area contributed by atoms with Crippen LogP contribution in [0.2, 0.25) is 0 Å². The number of hydrogen-bond donors (Lipinski definition) is 2. The van der Waals surface area contributed by atoms with Crippen LogP contribution in [0.3, 0.4) is 0 Å². The monoisotopic (exact) mass is 216 g/mol. The standard InChI is InChI=1S/C4H9IO2/c6-4-2-1-3-5(4)7/h4,6-7H,1-3H2. The summed E-state index contributed by atoms with van der Waals surface area (Å²) in [5.41, 5.74) is 0. The van der Waals surface area contributed by atoms with E-state index in [9.17, 15) is 0 Å². The summed E-state index contributed by atoms with van der Waals surface area (Å²) in [5, 5.41) is 8.82. The van der Waals surface area contributed by atoms with Crippen LogP contribution >= 0.6 is 20.2 Å². The van der Waals surface area contributed by atoms with Gasteiger partial charge in [-0.2, -0.15) is 0 Å². The molecule has 0 bridgehead atoms. The summed E-state index contributed by atoms with van der Waals surface area (Å²) in [6.07, 6.45) is 1.89. The van der Waals surface area contributed by atoms with Crippen LogP contribution in [-0.2, 0) is 0 Å². The average molecular weight is 216 g/mol. The minimum absolute atomic E-state index is 0.274. The summed E-state index contributed by atoms with van der Waals surface area (Å²) in [7, 11) is 0. The van der Waals surface area contributed by atoms with Gasteiger partial charge < -0.3 is 0 Å². The van der Waals surface area contributed by atoms with E-state index >= 15 is 0 Å². The molecular formula is C4H9IO2. The van der Waals surface area contributed by atoms with Crippen molar-refractivity contribution in [1.82, 2.24) is 0 Å². The Morgan fingerprint density at radius 1 is 1.57 bits per heavy atom. The molecule has 1 heterocycles. The van der Waals surface area contributed by atoms with Gasteiger partial charge in [0, 0.05) is 0 Å². The van der Waals surface area contributed by atoms with Crippen LogP contribution in [0.5, 0.6) is 0 Å². The molecule has 2 N–H and O–H groups in total. The summed E-state index contributed by atoms with van der Waals surface area (Å²) in [5.74, 6) is 0. The van der Waals surface area contributed by atoms with Crippen molar-refractivity contribution < 1.29 is 8.54 Å². The van der Waals surface area contributed by atoms with Crippen LogP contribution < -0.4 is 0 Å². The quantitative estimate of drug-likeness (QED) is 0.457. The molecule has 44 valence electrons. The van der Waals surface area contributed by atoms with Crippen LogP contribution in [0.15, 0.2) is 0 Å². The van der Waals surface area contributed by atoms with Crippen LogP contribution in [-0.4, -0.2) is 17.1 Å². The number of hydrogen-bond acceptors (Lipinski definition) is 2. The molecule has 1 saturated heterocycles. The summed E-state index contributed by atoms with van der Waals surface area (Å²) >= 11 is -1.74. The van der Waals surface area contributed by atoms with Gasteiger partial charge in [-0.05, 0) is 0 Å². The molecule has 0 aromatic rings. The Balaban J connectivity index is 2.33. The summed E-state index contributed by atoms with van der Waals surface area (Å²) in [6.45, 7) is 0. The molecule has 0 amide bonds. The molecular weight excluding hydrogens is 207 g/mol. The van der Waals surface area contributed by atoms with E-state index in [4.69, 9.17) is 8.54 Å². The Hall–Kier alpha value is 0.650. The van der Waals surface area contributed by atoms with Gasteiger partial charge in [0.2, 0.25) is 0 Å². The van der Waals surface area contributed by atoms with Crippen LogP contribution in [0.4, 0.5) is 0 Å². The summed E-state index contributed by atoms with van der Waals surface area (Å²) in [4.78, 5) is 0. The van der Waals surface area contributed by atoms with Crippen LogP contribution in [0.1, 0.15) is 12.8 Å². The molecule has 1 unspecified atom stereocenters. The van der Waals surface area contributed by atoms with Gasteiger partial charge in [0.05, 0.1) is 0 Å². The maximum atomic E-state index is 8.90. The van der Waals surface area contributed by atoms with Gasteiger partial charge in [0.1, 0.15) is 0 Å². The van der Waals surface area contributed by atoms with Crippen molar-refractivity contribution >= 4 is 20.2 Å². The van der Waals surface area contributed by atoms with Crippen molar-refractivity contribution in [3.8, 4) is 0 Å². The molecule has 0 aromatic heterocycles. The second-order valence-electron chi connectivity index (χ2n) is 1.64. The van der Waals surface area contributed by atoms with Gasteiger partial charge in [0.25, 0.3) is 0 Å². The van der Waals surface area contributed by atoms with Gasteiger partial charge in [-0.1, -0.05) is 0 Å². The fraction of sp³-hybridized carbons (Fsp3) is 1.00. The number of aliphatic hydroxyl groups is 1. The predicted molar refractivity (Wildman–Crippen MR) is 36.3 cm³/mol. The molecule has 7 heavy (non-hydrogen) atoms. The summed E-state index contributed by atoms with van der Waals surface area (Å²) in [6, 6.07) is 0. The zero-order chi connectivity index (χ0) is 5.28. The Morgan fingerprint density at radius 3 is 2.43 bits per heavy atom. The van der Waals surface area contributed by atoms with Gasteiger partial charge in [-0.25, -0.2) is 0 Å². The molecule has 1 fully saturated rings. The van der Waals surface area contributed by atoms with E-state index in [1.165, 1.54) is 0 Å².